The predicted octanol–water partition coefficient (Wildman–Crippen LogP) is -3.26. The van der Waals surface area contributed by atoms with E-state index in [2.05, 4.69) is 33.0 Å². The largest absolute Gasteiger partial charge is 0.481 e. The number of hydrogen-bond acceptors (Lipinski definition) is 18. The molecule has 2 aromatic rings. The number of carbonyl (C=O) groups excluding carboxylic acids is 1. The minimum absolute atomic E-state index is 0.0323. The molecule has 0 bridgehead atoms. The lowest BCUT2D eigenvalue weighted by atomic mass is 10.1. The monoisotopic (exact) mass is 645 g/mol. The number of phosphoric acid groups is 2. The summed E-state index contributed by atoms with van der Waals surface area (Å²) in [5, 5.41) is 49.3. The van der Waals surface area contributed by atoms with E-state index in [9.17, 15) is 48.9 Å². The molecule has 0 spiro atoms. The van der Waals surface area contributed by atoms with E-state index in [1.807, 2.05) is 0 Å². The van der Waals surface area contributed by atoms with Crippen LogP contribution in [0, 0.1) is 0 Å². The Morgan fingerprint density at radius 2 is 1.57 bits per heavy atom. The van der Waals surface area contributed by atoms with Crippen LogP contribution in [0.2, 0.25) is 0 Å². The highest BCUT2D eigenvalue weighted by atomic mass is 31.3. The van der Waals surface area contributed by atoms with E-state index >= 15 is 0 Å². The fourth-order valence-corrected chi connectivity index (χ4v) is 6.06. The Kier molecular flexibility index (Phi) is 9.59. The molecule has 2 aliphatic rings. The molecule has 10 atom stereocenters. The molecule has 0 saturated carbocycles. The van der Waals surface area contributed by atoms with Crippen LogP contribution in [0.25, 0.3) is 11.2 Å². The van der Waals surface area contributed by atoms with Gasteiger partial charge in [-0.05, 0) is 0 Å². The van der Waals surface area contributed by atoms with Gasteiger partial charge in [-0.1, -0.05) is 0 Å². The Balaban J connectivity index is 1.30. The highest BCUT2D eigenvalue weighted by Crippen LogP contribution is 2.60. The van der Waals surface area contributed by atoms with Gasteiger partial charge in [0.2, 0.25) is 0 Å². The summed E-state index contributed by atoms with van der Waals surface area (Å²) in [7, 11) is -10.9. The Hall–Kier alpha value is -2.69. The molecule has 2 saturated heterocycles. The smallest absolute Gasteiger partial charge is 0.481 e. The molecule has 4 rings (SSSR count). The van der Waals surface area contributed by atoms with Crippen molar-refractivity contribution in [2.75, 3.05) is 18.9 Å². The molecule has 2 fully saturated rings. The van der Waals surface area contributed by atoms with E-state index in [1.54, 1.807) is 0 Å². The van der Waals surface area contributed by atoms with Crippen LogP contribution < -0.4 is 5.73 Å². The van der Waals surface area contributed by atoms with Crippen LogP contribution in [0.4, 0.5) is 5.82 Å². The van der Waals surface area contributed by atoms with E-state index in [4.69, 9.17) is 20.3 Å². The van der Waals surface area contributed by atoms with Gasteiger partial charge in [-0.3, -0.25) is 23.2 Å². The van der Waals surface area contributed by atoms with E-state index in [-0.39, 0.29) is 17.0 Å². The summed E-state index contributed by atoms with van der Waals surface area (Å²) in [5.74, 6) is -2.84. The molecule has 2 aromatic heterocycles. The van der Waals surface area contributed by atoms with Crippen molar-refractivity contribution in [3.8, 4) is 0 Å². The van der Waals surface area contributed by atoms with Gasteiger partial charge in [0.05, 0.1) is 19.5 Å². The number of aliphatic carboxylic acids is 1. The van der Waals surface area contributed by atoms with Crippen LogP contribution in [0.3, 0.4) is 0 Å². The molecule has 0 aromatic carbocycles. The first-order valence-corrected chi connectivity index (χ1v) is 14.6. The number of phosphoric ester groups is 2. The summed E-state index contributed by atoms with van der Waals surface area (Å²) in [5.41, 5.74) is 6.04. The third kappa shape index (κ3) is 7.26. The molecule has 24 heteroatoms. The molecule has 234 valence electrons. The quantitative estimate of drug-likeness (QED) is 0.0638. The maximum Gasteiger partial charge on any atom is 0.481 e. The van der Waals surface area contributed by atoms with Crippen molar-refractivity contribution >= 4 is 44.6 Å². The Labute approximate surface area is 233 Å². The number of carbonyl (C=O) groups is 2. The SMILES string of the molecule is Nc1ncnc2c1ncn2[C@@H]1O[C@H](COP(=O)(O)OP(=O)(O)OC[C@H]2OC(O)[C@H](OC(=O)CC(=O)O)[C@@H]2O)[C@@H](O)[C@H]1O. The van der Waals surface area contributed by atoms with Crippen molar-refractivity contribution in [2.24, 2.45) is 0 Å². The van der Waals surface area contributed by atoms with Gasteiger partial charge >= 0.3 is 27.6 Å². The average Bonchev–Trinajstić information content (AvgIpc) is 3.51. The molecule has 22 nitrogen and oxygen atoms in total. The zero-order chi connectivity index (χ0) is 31.0. The fourth-order valence-electron chi connectivity index (χ4n) is 3.97. The molecule has 4 heterocycles. The van der Waals surface area contributed by atoms with E-state index < -0.39 is 96.4 Å². The van der Waals surface area contributed by atoms with Crippen molar-refractivity contribution in [3.63, 3.8) is 0 Å². The normalized spacial score (nSPS) is 32.4. The number of nitrogens with two attached hydrogens (primary N) is 1. The lowest BCUT2D eigenvalue weighted by Gasteiger charge is -2.21. The Morgan fingerprint density at radius 1 is 0.952 bits per heavy atom. The second-order valence-corrected chi connectivity index (χ2v) is 11.9. The third-order valence-electron chi connectivity index (χ3n) is 5.88. The maximum absolute atomic E-state index is 12.3. The second kappa shape index (κ2) is 12.5. The number of anilines is 1. The fraction of sp³-hybridized carbons (Fsp3) is 0.611. The molecular formula is C18H25N5O17P2. The number of ether oxygens (including phenoxy) is 3. The first kappa shape index (κ1) is 32.2. The number of carboxylic acid groups (broad SMARTS) is 1. The minimum atomic E-state index is -5.44. The molecule has 2 aliphatic heterocycles. The number of nitrogen functional groups attached to an aromatic ring is 1. The minimum Gasteiger partial charge on any atom is -0.481 e. The lowest BCUT2D eigenvalue weighted by Crippen LogP contribution is -2.38. The van der Waals surface area contributed by atoms with Crippen LogP contribution in [0.5, 0.6) is 0 Å². The summed E-state index contributed by atoms with van der Waals surface area (Å²) < 4.78 is 54.0. The highest BCUT2D eigenvalue weighted by molar-refractivity contribution is 7.61. The van der Waals surface area contributed by atoms with Gasteiger partial charge in [0.25, 0.3) is 0 Å². The number of aliphatic hydroxyl groups excluding tert-OH is 4. The van der Waals surface area contributed by atoms with Gasteiger partial charge in [-0.25, -0.2) is 24.1 Å². The third-order valence-corrected chi connectivity index (χ3v) is 8.49. The first-order valence-electron chi connectivity index (χ1n) is 11.6. The van der Waals surface area contributed by atoms with Gasteiger partial charge < -0.3 is 55.3 Å². The molecule has 42 heavy (non-hydrogen) atoms. The Bertz CT molecular complexity index is 1410. The van der Waals surface area contributed by atoms with Crippen LogP contribution in [0.1, 0.15) is 12.6 Å². The van der Waals surface area contributed by atoms with E-state index in [0.717, 1.165) is 6.33 Å². The number of aromatic nitrogens is 4. The number of nitrogens with zero attached hydrogens (tertiary/aromatic N) is 4. The van der Waals surface area contributed by atoms with Crippen molar-refractivity contribution in [2.45, 2.75) is 55.6 Å². The standard InChI is InChI=1S/C18H25N5O17P2/c19-15-10-16(21-4-20-15)23(5-22-10)17-13(29)11(27)6(37-17)2-35-41(31,32)40-42(33,34)36-3-7-12(28)14(18(30)38-7)39-9(26)1-8(24)25/h4-7,11-14,17-18,27-30H,1-3H2,(H,24,25)(H,31,32)(H,33,34)(H2,19,20,21)/t6-,7-,11-,12-,13-,14-,17-,18?/m1/s1. The number of aliphatic hydroxyl groups is 4. The number of carboxylic acids is 1. The number of hydrogen-bond donors (Lipinski definition) is 8. The van der Waals surface area contributed by atoms with Crippen LogP contribution in [0.15, 0.2) is 12.7 Å². The molecule has 3 unspecified atom stereocenters. The lowest BCUT2D eigenvalue weighted by molar-refractivity contribution is -0.175. The molecule has 0 amide bonds. The van der Waals surface area contributed by atoms with Crippen molar-refractivity contribution < 1.29 is 81.6 Å². The van der Waals surface area contributed by atoms with Crippen LogP contribution in [-0.2, 0) is 46.3 Å². The summed E-state index contributed by atoms with van der Waals surface area (Å²) in [4.78, 5) is 53.6. The zero-order valence-electron chi connectivity index (χ0n) is 20.9. The summed E-state index contributed by atoms with van der Waals surface area (Å²) in [6.07, 6.45) is -12.1. The number of fused-ring (bicyclic) bond motifs is 1. The van der Waals surface area contributed by atoms with Gasteiger partial charge in [0, 0.05) is 0 Å². The highest BCUT2D eigenvalue weighted by Gasteiger charge is 2.48. The van der Waals surface area contributed by atoms with Gasteiger partial charge in [0.15, 0.2) is 30.1 Å². The molecular weight excluding hydrogens is 620 g/mol. The van der Waals surface area contributed by atoms with Crippen molar-refractivity contribution in [1.29, 1.82) is 0 Å². The van der Waals surface area contributed by atoms with Crippen molar-refractivity contribution in [1.82, 2.24) is 19.5 Å². The molecule has 0 aliphatic carbocycles. The van der Waals surface area contributed by atoms with Crippen molar-refractivity contribution in [3.05, 3.63) is 12.7 Å². The summed E-state index contributed by atoms with van der Waals surface area (Å²) >= 11 is 0. The molecule has 0 radical (unpaired) electrons. The van der Waals surface area contributed by atoms with E-state index in [1.165, 1.54) is 10.9 Å². The van der Waals surface area contributed by atoms with E-state index in [0.29, 0.717) is 0 Å². The van der Waals surface area contributed by atoms with Crippen LogP contribution in [-0.4, -0.2) is 123 Å². The van der Waals surface area contributed by atoms with Gasteiger partial charge in [-0.2, -0.15) is 4.31 Å². The summed E-state index contributed by atoms with van der Waals surface area (Å²) in [6.45, 7) is -1.99. The topological polar surface area (TPSA) is 335 Å². The number of rotatable bonds is 12. The Morgan fingerprint density at radius 3 is 2.19 bits per heavy atom. The zero-order valence-corrected chi connectivity index (χ0v) is 22.7. The average molecular weight is 645 g/mol. The number of imidazole rings is 1. The predicted molar refractivity (Wildman–Crippen MR) is 127 cm³/mol. The van der Waals surface area contributed by atoms with Crippen LogP contribution >= 0.6 is 15.6 Å². The maximum atomic E-state index is 12.3. The molecule has 9 N–H and O–H groups in total. The second-order valence-electron chi connectivity index (χ2n) is 8.82. The summed E-state index contributed by atoms with van der Waals surface area (Å²) in [6, 6.07) is 0. The first-order chi connectivity index (χ1) is 19.6. The van der Waals surface area contributed by atoms with Gasteiger partial charge in [-0.15, -0.1) is 0 Å². The van der Waals surface area contributed by atoms with Gasteiger partial charge in [0.1, 0.15) is 48.8 Å². The number of esters is 1.